The molecule has 3 rings (SSSR count). The first kappa shape index (κ1) is 19.6. The van der Waals surface area contributed by atoms with Gasteiger partial charge in [0, 0.05) is 39.8 Å². The van der Waals surface area contributed by atoms with Gasteiger partial charge in [0.1, 0.15) is 0 Å². The number of amides is 1. The first-order chi connectivity index (χ1) is 11.2. The predicted molar refractivity (Wildman–Crippen MR) is 106 cm³/mol. The van der Waals surface area contributed by atoms with Crippen molar-refractivity contribution < 1.29 is 9.53 Å². The van der Waals surface area contributed by atoms with Crippen LogP contribution in [0.25, 0.3) is 0 Å². The highest BCUT2D eigenvalue weighted by molar-refractivity contribution is 14.0. The number of guanidine groups is 1. The number of hydrogen-bond acceptors (Lipinski definition) is 3. The number of hydrogen-bond donors (Lipinski definition) is 1. The van der Waals surface area contributed by atoms with Gasteiger partial charge in [0.15, 0.2) is 5.96 Å². The highest BCUT2D eigenvalue weighted by atomic mass is 127. The standard InChI is InChI=1S/C17H30N4O2.HI/c1-3-23-16(22)21-11-9-20(10-12-21)15(18-2)19-13-17(7-4-8-17)14-5-6-14;/h14H,3-13H2,1-2H3,(H,18,19);1H. The van der Waals surface area contributed by atoms with Crippen molar-refractivity contribution in [1.29, 1.82) is 0 Å². The first-order valence-corrected chi connectivity index (χ1v) is 9.06. The van der Waals surface area contributed by atoms with Crippen molar-refractivity contribution in [2.24, 2.45) is 16.3 Å². The number of aliphatic imine (C=N–C) groups is 1. The molecule has 24 heavy (non-hydrogen) atoms. The Morgan fingerprint density at radius 2 is 1.83 bits per heavy atom. The van der Waals surface area contributed by atoms with E-state index in [2.05, 4.69) is 15.2 Å². The Morgan fingerprint density at radius 1 is 1.21 bits per heavy atom. The lowest BCUT2D eigenvalue weighted by molar-refractivity contribution is 0.0891. The normalized spacial score (nSPS) is 23.2. The lowest BCUT2D eigenvalue weighted by atomic mass is 9.65. The summed E-state index contributed by atoms with van der Waals surface area (Å²) in [6.45, 7) is 6.37. The van der Waals surface area contributed by atoms with Gasteiger partial charge in [-0.3, -0.25) is 4.99 Å². The Labute approximate surface area is 162 Å². The summed E-state index contributed by atoms with van der Waals surface area (Å²) in [5.41, 5.74) is 0.544. The van der Waals surface area contributed by atoms with Crippen molar-refractivity contribution in [1.82, 2.24) is 15.1 Å². The smallest absolute Gasteiger partial charge is 0.409 e. The van der Waals surface area contributed by atoms with Gasteiger partial charge in [-0.1, -0.05) is 6.42 Å². The number of rotatable bonds is 4. The van der Waals surface area contributed by atoms with Crippen LogP contribution in [0.2, 0.25) is 0 Å². The number of carbonyl (C=O) groups is 1. The topological polar surface area (TPSA) is 57.2 Å². The highest BCUT2D eigenvalue weighted by Gasteiger charge is 2.48. The second-order valence-corrected chi connectivity index (χ2v) is 7.06. The number of ether oxygens (including phenoxy) is 1. The molecule has 1 saturated heterocycles. The molecular weight excluding hydrogens is 419 g/mol. The summed E-state index contributed by atoms with van der Waals surface area (Å²) in [6.07, 6.45) is 6.76. The summed E-state index contributed by atoms with van der Waals surface area (Å²) in [6, 6.07) is 0. The minimum Gasteiger partial charge on any atom is -0.450 e. The van der Waals surface area contributed by atoms with E-state index in [4.69, 9.17) is 4.74 Å². The molecule has 7 heteroatoms. The van der Waals surface area contributed by atoms with E-state index in [1.54, 1.807) is 4.90 Å². The van der Waals surface area contributed by atoms with Crippen molar-refractivity contribution in [2.45, 2.75) is 39.0 Å². The third-order valence-corrected chi connectivity index (χ3v) is 5.71. The molecule has 1 aliphatic heterocycles. The van der Waals surface area contributed by atoms with Gasteiger partial charge >= 0.3 is 6.09 Å². The number of nitrogens with zero attached hydrogens (tertiary/aromatic N) is 3. The van der Waals surface area contributed by atoms with E-state index in [0.717, 1.165) is 31.5 Å². The Hall–Kier alpha value is -0.730. The molecular formula is C17H31IN4O2. The predicted octanol–water partition coefficient (Wildman–Crippen LogP) is 2.53. The van der Waals surface area contributed by atoms with E-state index < -0.39 is 0 Å². The van der Waals surface area contributed by atoms with Crippen LogP contribution >= 0.6 is 24.0 Å². The van der Waals surface area contributed by atoms with Gasteiger partial charge in [-0.2, -0.15) is 0 Å². The Kier molecular flexibility index (Phi) is 7.00. The summed E-state index contributed by atoms with van der Waals surface area (Å²) in [5.74, 6) is 1.93. The zero-order chi connectivity index (χ0) is 16.3. The first-order valence-electron chi connectivity index (χ1n) is 9.06. The minimum atomic E-state index is -0.197. The van der Waals surface area contributed by atoms with Gasteiger partial charge in [-0.05, 0) is 43.9 Å². The van der Waals surface area contributed by atoms with Gasteiger partial charge < -0.3 is 19.9 Å². The summed E-state index contributed by atoms with van der Waals surface area (Å²) < 4.78 is 5.07. The van der Waals surface area contributed by atoms with Gasteiger partial charge in [-0.15, -0.1) is 24.0 Å². The third-order valence-electron chi connectivity index (χ3n) is 5.71. The van der Waals surface area contributed by atoms with Crippen LogP contribution in [-0.4, -0.2) is 68.2 Å². The van der Waals surface area contributed by atoms with E-state index in [9.17, 15) is 4.79 Å². The van der Waals surface area contributed by atoms with Crippen LogP contribution in [0.5, 0.6) is 0 Å². The molecule has 2 saturated carbocycles. The Balaban J connectivity index is 0.00000208. The molecule has 0 radical (unpaired) electrons. The minimum absolute atomic E-state index is 0. The molecule has 0 bridgehead atoms. The summed E-state index contributed by atoms with van der Waals surface area (Å²) in [5, 5.41) is 3.61. The Morgan fingerprint density at radius 3 is 2.29 bits per heavy atom. The summed E-state index contributed by atoms with van der Waals surface area (Å²) in [7, 11) is 1.85. The third kappa shape index (κ3) is 4.26. The van der Waals surface area contributed by atoms with Crippen LogP contribution in [0, 0.1) is 11.3 Å². The lowest BCUT2D eigenvalue weighted by Gasteiger charge is -2.44. The maximum atomic E-state index is 11.8. The molecule has 6 nitrogen and oxygen atoms in total. The molecule has 0 aromatic carbocycles. The van der Waals surface area contributed by atoms with Crippen molar-refractivity contribution >= 4 is 36.0 Å². The fraction of sp³-hybridized carbons (Fsp3) is 0.882. The number of piperazine rings is 1. The summed E-state index contributed by atoms with van der Waals surface area (Å²) in [4.78, 5) is 20.3. The van der Waals surface area contributed by atoms with E-state index in [1.165, 1.54) is 32.1 Å². The van der Waals surface area contributed by atoms with Crippen LogP contribution < -0.4 is 5.32 Å². The van der Waals surface area contributed by atoms with Crippen molar-refractivity contribution in [3.8, 4) is 0 Å². The number of carbonyl (C=O) groups excluding carboxylic acids is 1. The average molecular weight is 450 g/mol. The quantitative estimate of drug-likeness (QED) is 0.407. The zero-order valence-corrected chi connectivity index (χ0v) is 17.3. The molecule has 0 aromatic heterocycles. The molecule has 0 atom stereocenters. The van der Waals surface area contributed by atoms with Crippen LogP contribution in [0.1, 0.15) is 39.0 Å². The Bertz CT molecular complexity index is 456. The van der Waals surface area contributed by atoms with E-state index in [0.29, 0.717) is 25.1 Å². The molecule has 0 spiro atoms. The maximum absolute atomic E-state index is 11.8. The van der Waals surface area contributed by atoms with Crippen molar-refractivity contribution in [3.63, 3.8) is 0 Å². The number of nitrogens with one attached hydrogen (secondary N) is 1. The molecule has 1 amide bonds. The maximum Gasteiger partial charge on any atom is 0.409 e. The zero-order valence-electron chi connectivity index (χ0n) is 14.9. The molecule has 0 unspecified atom stereocenters. The molecule has 0 aromatic rings. The lowest BCUT2D eigenvalue weighted by Crippen LogP contribution is -2.55. The molecule has 3 fully saturated rings. The largest absolute Gasteiger partial charge is 0.450 e. The van der Waals surface area contributed by atoms with Crippen LogP contribution in [0.15, 0.2) is 4.99 Å². The highest BCUT2D eigenvalue weighted by Crippen LogP contribution is 2.56. The average Bonchev–Trinajstić information content (AvgIpc) is 3.36. The van der Waals surface area contributed by atoms with E-state index in [-0.39, 0.29) is 30.1 Å². The van der Waals surface area contributed by atoms with Gasteiger partial charge in [-0.25, -0.2) is 4.79 Å². The molecule has 1 heterocycles. The monoisotopic (exact) mass is 450 g/mol. The van der Waals surface area contributed by atoms with Crippen molar-refractivity contribution in [3.05, 3.63) is 0 Å². The van der Waals surface area contributed by atoms with Crippen LogP contribution in [0.3, 0.4) is 0 Å². The fourth-order valence-electron chi connectivity index (χ4n) is 3.96. The van der Waals surface area contributed by atoms with Crippen LogP contribution in [-0.2, 0) is 4.74 Å². The second kappa shape index (κ2) is 8.58. The summed E-state index contributed by atoms with van der Waals surface area (Å²) >= 11 is 0. The molecule has 1 N–H and O–H groups in total. The number of halogens is 1. The van der Waals surface area contributed by atoms with Crippen LogP contribution in [0.4, 0.5) is 4.79 Å². The van der Waals surface area contributed by atoms with Gasteiger partial charge in [0.05, 0.1) is 6.61 Å². The molecule has 2 aliphatic carbocycles. The SMILES string of the molecule is CCOC(=O)N1CCN(C(=NC)NCC2(C3CC3)CCC2)CC1.I. The second-order valence-electron chi connectivity index (χ2n) is 7.06. The van der Waals surface area contributed by atoms with Crippen molar-refractivity contribution in [2.75, 3.05) is 46.4 Å². The van der Waals surface area contributed by atoms with E-state index >= 15 is 0 Å². The molecule has 138 valence electrons. The van der Waals surface area contributed by atoms with E-state index in [1.807, 2.05) is 14.0 Å². The fourth-order valence-corrected chi connectivity index (χ4v) is 3.96. The van der Waals surface area contributed by atoms with Gasteiger partial charge in [0.2, 0.25) is 0 Å². The molecule has 3 aliphatic rings. The van der Waals surface area contributed by atoms with Gasteiger partial charge in [0.25, 0.3) is 0 Å².